The molecule has 2 aromatic rings. The van der Waals surface area contributed by atoms with Gasteiger partial charge in [-0.15, -0.1) is 11.3 Å². The van der Waals surface area contributed by atoms with E-state index in [0.29, 0.717) is 41.6 Å². The van der Waals surface area contributed by atoms with Gasteiger partial charge >= 0.3 is 0 Å². The first-order valence-electron chi connectivity index (χ1n) is 8.77. The zero-order valence-electron chi connectivity index (χ0n) is 15.4. The average Bonchev–Trinajstić information content (AvgIpc) is 3.06. The monoisotopic (exact) mass is 386 g/mol. The van der Waals surface area contributed by atoms with Crippen LogP contribution >= 0.6 is 11.3 Å². The minimum Gasteiger partial charge on any atom is -0.493 e. The zero-order valence-corrected chi connectivity index (χ0v) is 16.3. The largest absolute Gasteiger partial charge is 0.493 e. The highest BCUT2D eigenvalue weighted by atomic mass is 32.1. The van der Waals surface area contributed by atoms with E-state index < -0.39 is 0 Å². The van der Waals surface area contributed by atoms with Crippen molar-refractivity contribution < 1.29 is 14.3 Å². The Morgan fingerprint density at radius 3 is 3.07 bits per heavy atom. The number of likely N-dealkylation sites (N-methyl/N-ethyl adjacent to an activating group) is 1. The Morgan fingerprint density at radius 2 is 2.30 bits per heavy atom. The molecule has 2 heterocycles. The van der Waals surface area contributed by atoms with Gasteiger partial charge in [-0.05, 0) is 25.6 Å². The number of nitrogens with zero attached hydrogens (tertiary/aromatic N) is 3. The summed E-state index contributed by atoms with van der Waals surface area (Å²) in [5.41, 5.74) is 1.61. The second-order valence-corrected chi connectivity index (χ2v) is 7.44. The Balaban J connectivity index is 1.45. The lowest BCUT2D eigenvalue weighted by Gasteiger charge is -2.20. The van der Waals surface area contributed by atoms with Crippen molar-refractivity contribution in [1.82, 2.24) is 9.88 Å². The Bertz CT molecular complexity index is 859. The van der Waals surface area contributed by atoms with Gasteiger partial charge in [0, 0.05) is 36.9 Å². The van der Waals surface area contributed by atoms with Crippen LogP contribution in [0.15, 0.2) is 18.2 Å². The number of fused-ring (bicyclic) bond motifs is 1. The smallest absolute Gasteiger partial charge is 0.226 e. The molecule has 0 atom stereocenters. The first-order chi connectivity index (χ1) is 13.1. The second kappa shape index (κ2) is 8.84. The number of nitriles is 1. The summed E-state index contributed by atoms with van der Waals surface area (Å²) < 4.78 is 10.9. The third kappa shape index (κ3) is 4.96. The lowest BCUT2D eigenvalue weighted by molar-refractivity contribution is -0.116. The molecule has 0 unspecified atom stereocenters. The molecular weight excluding hydrogens is 364 g/mol. The van der Waals surface area contributed by atoms with Gasteiger partial charge in [-0.3, -0.25) is 4.79 Å². The van der Waals surface area contributed by atoms with Gasteiger partial charge in [-0.2, -0.15) is 5.26 Å². The third-order valence-electron chi connectivity index (χ3n) is 4.27. The fourth-order valence-electron chi connectivity index (χ4n) is 2.83. The molecule has 1 amide bonds. The molecule has 0 saturated heterocycles. The first-order valence-corrected chi connectivity index (χ1v) is 9.58. The minimum absolute atomic E-state index is 0.0650. The van der Waals surface area contributed by atoms with E-state index in [1.807, 2.05) is 0 Å². The highest BCUT2D eigenvalue weighted by Gasteiger charge is 2.19. The molecule has 7 nitrogen and oxygen atoms in total. The van der Waals surface area contributed by atoms with E-state index in [9.17, 15) is 4.79 Å². The van der Waals surface area contributed by atoms with Gasteiger partial charge in [0.25, 0.3) is 0 Å². The standard InChI is InChI=1S/C19H22N4O3S/c1-23-8-7-14-17(12-23)27-19(21-14)22-18(24)4-3-9-26-15-6-5-13(11-20)10-16(15)25-2/h5-6,10H,3-4,7-9,12H2,1-2H3,(H,21,22,24). The maximum Gasteiger partial charge on any atom is 0.226 e. The van der Waals surface area contributed by atoms with E-state index in [1.54, 1.807) is 29.5 Å². The van der Waals surface area contributed by atoms with Crippen molar-refractivity contribution in [1.29, 1.82) is 5.26 Å². The van der Waals surface area contributed by atoms with E-state index in [1.165, 1.54) is 12.0 Å². The normalized spacial score (nSPS) is 13.5. The van der Waals surface area contributed by atoms with Crippen molar-refractivity contribution in [2.75, 3.05) is 32.6 Å². The lowest BCUT2D eigenvalue weighted by Crippen LogP contribution is -2.25. The predicted molar refractivity (Wildman–Crippen MR) is 103 cm³/mol. The Kier molecular flexibility index (Phi) is 6.27. The molecule has 8 heteroatoms. The van der Waals surface area contributed by atoms with Gasteiger partial charge in [0.05, 0.1) is 31.0 Å². The summed E-state index contributed by atoms with van der Waals surface area (Å²) in [4.78, 5) is 20.1. The van der Waals surface area contributed by atoms with Gasteiger partial charge in [0.1, 0.15) is 0 Å². The van der Waals surface area contributed by atoms with Crippen molar-refractivity contribution in [2.24, 2.45) is 0 Å². The topological polar surface area (TPSA) is 87.5 Å². The molecule has 0 saturated carbocycles. The van der Waals surface area contributed by atoms with Crippen LogP contribution in [0.2, 0.25) is 0 Å². The van der Waals surface area contributed by atoms with Crippen molar-refractivity contribution in [3.63, 3.8) is 0 Å². The molecular formula is C19H22N4O3S. The molecule has 27 heavy (non-hydrogen) atoms. The van der Waals surface area contributed by atoms with Gasteiger partial charge in [-0.1, -0.05) is 0 Å². The van der Waals surface area contributed by atoms with Crippen molar-refractivity contribution in [2.45, 2.75) is 25.8 Å². The van der Waals surface area contributed by atoms with Crippen LogP contribution in [0.5, 0.6) is 11.5 Å². The minimum atomic E-state index is -0.0650. The van der Waals surface area contributed by atoms with Crippen LogP contribution in [0, 0.1) is 11.3 Å². The van der Waals surface area contributed by atoms with Crippen molar-refractivity contribution in [3.05, 3.63) is 34.3 Å². The van der Waals surface area contributed by atoms with Crippen LogP contribution in [0.1, 0.15) is 29.0 Å². The molecule has 0 aliphatic carbocycles. The van der Waals surface area contributed by atoms with Crippen LogP contribution in [0.25, 0.3) is 0 Å². The molecule has 0 bridgehead atoms. The Morgan fingerprint density at radius 1 is 1.44 bits per heavy atom. The van der Waals surface area contributed by atoms with E-state index in [2.05, 4.69) is 28.3 Å². The number of carbonyl (C=O) groups is 1. The third-order valence-corrected chi connectivity index (χ3v) is 5.26. The van der Waals surface area contributed by atoms with Crippen LogP contribution in [-0.4, -0.2) is 43.1 Å². The summed E-state index contributed by atoms with van der Waals surface area (Å²) in [7, 11) is 3.62. The molecule has 0 spiro atoms. The van der Waals surface area contributed by atoms with Crippen LogP contribution in [0.4, 0.5) is 5.13 Å². The maximum atomic E-state index is 12.1. The van der Waals surface area contributed by atoms with Crippen LogP contribution < -0.4 is 14.8 Å². The Labute approximate surface area is 162 Å². The van der Waals surface area contributed by atoms with Gasteiger partial charge < -0.3 is 19.7 Å². The maximum absolute atomic E-state index is 12.1. The van der Waals surface area contributed by atoms with Gasteiger partial charge in [0.15, 0.2) is 16.6 Å². The van der Waals surface area contributed by atoms with E-state index in [-0.39, 0.29) is 5.91 Å². The van der Waals surface area contributed by atoms with Crippen LogP contribution in [-0.2, 0) is 17.8 Å². The Hall–Kier alpha value is -2.63. The number of hydrogen-bond donors (Lipinski definition) is 1. The highest BCUT2D eigenvalue weighted by Crippen LogP contribution is 2.29. The summed E-state index contributed by atoms with van der Waals surface area (Å²) in [6.45, 7) is 2.28. The number of rotatable bonds is 7. The number of methoxy groups -OCH3 is 1. The van der Waals surface area contributed by atoms with Crippen molar-refractivity contribution in [3.8, 4) is 17.6 Å². The second-order valence-electron chi connectivity index (χ2n) is 6.35. The van der Waals surface area contributed by atoms with E-state index in [0.717, 1.165) is 25.2 Å². The summed E-state index contributed by atoms with van der Waals surface area (Å²) in [6.07, 6.45) is 1.85. The zero-order chi connectivity index (χ0) is 19.2. The summed E-state index contributed by atoms with van der Waals surface area (Å²) in [5, 5.41) is 12.5. The number of ether oxygens (including phenoxy) is 2. The van der Waals surface area contributed by atoms with E-state index in [4.69, 9.17) is 14.7 Å². The molecule has 1 N–H and O–H groups in total. The molecule has 1 aliphatic heterocycles. The molecule has 3 rings (SSSR count). The number of carbonyl (C=O) groups excluding carboxylic acids is 1. The number of nitrogens with one attached hydrogen (secondary N) is 1. The molecule has 1 aromatic heterocycles. The SMILES string of the molecule is COc1cc(C#N)ccc1OCCCC(=O)Nc1nc2c(s1)CN(C)CC2. The molecule has 142 valence electrons. The molecule has 0 fully saturated rings. The highest BCUT2D eigenvalue weighted by molar-refractivity contribution is 7.15. The quantitative estimate of drug-likeness (QED) is 0.736. The summed E-state index contributed by atoms with van der Waals surface area (Å²) in [5.74, 6) is 1.01. The van der Waals surface area contributed by atoms with Crippen molar-refractivity contribution >= 4 is 22.4 Å². The number of aromatic nitrogens is 1. The average molecular weight is 386 g/mol. The number of hydrogen-bond acceptors (Lipinski definition) is 7. The fraction of sp³-hybridized carbons (Fsp3) is 0.421. The summed E-state index contributed by atoms with van der Waals surface area (Å²) >= 11 is 1.55. The number of anilines is 1. The number of amides is 1. The first kappa shape index (κ1) is 19.1. The lowest BCUT2D eigenvalue weighted by atomic mass is 10.2. The van der Waals surface area contributed by atoms with E-state index >= 15 is 0 Å². The molecule has 0 radical (unpaired) electrons. The number of thiazole rings is 1. The predicted octanol–water partition coefficient (Wildman–Crippen LogP) is 2.81. The van der Waals surface area contributed by atoms with Gasteiger partial charge in [0.2, 0.25) is 5.91 Å². The number of benzene rings is 1. The van der Waals surface area contributed by atoms with Crippen LogP contribution in [0.3, 0.4) is 0 Å². The molecule has 1 aliphatic rings. The summed E-state index contributed by atoms with van der Waals surface area (Å²) in [6, 6.07) is 7.06. The molecule has 1 aromatic carbocycles. The fourth-order valence-corrected chi connectivity index (χ4v) is 3.93. The van der Waals surface area contributed by atoms with Gasteiger partial charge in [-0.25, -0.2) is 4.98 Å².